The molecule has 96 valence electrons. The van der Waals surface area contributed by atoms with Gasteiger partial charge < -0.3 is 10.3 Å². The Balaban J connectivity index is 2.41. The number of nitrogens with two attached hydrogens (primary N) is 1. The number of fused-ring (bicyclic) bond motifs is 1. The Labute approximate surface area is 113 Å². The fourth-order valence-corrected chi connectivity index (χ4v) is 2.83. The maximum atomic E-state index is 6.22. The Morgan fingerprint density at radius 2 is 1.58 bits per heavy atom. The number of para-hydroxylation sites is 1. The van der Waals surface area contributed by atoms with Crippen LogP contribution in [0.25, 0.3) is 22.2 Å². The first-order valence-corrected chi connectivity index (χ1v) is 6.58. The van der Waals surface area contributed by atoms with Gasteiger partial charge in [0.25, 0.3) is 0 Å². The summed E-state index contributed by atoms with van der Waals surface area (Å²) in [5.74, 6) is 0. The van der Waals surface area contributed by atoms with Gasteiger partial charge in [-0.1, -0.05) is 48.5 Å². The van der Waals surface area contributed by atoms with Crippen molar-refractivity contribution >= 4 is 10.9 Å². The first kappa shape index (κ1) is 12.0. The summed E-state index contributed by atoms with van der Waals surface area (Å²) in [6.07, 6.45) is 0. The van der Waals surface area contributed by atoms with Gasteiger partial charge in [0.1, 0.15) is 0 Å². The van der Waals surface area contributed by atoms with Gasteiger partial charge in [-0.05, 0) is 18.6 Å². The van der Waals surface area contributed by atoms with E-state index in [1.807, 2.05) is 13.0 Å². The predicted molar refractivity (Wildman–Crippen MR) is 81.0 cm³/mol. The number of aromatic nitrogens is 1. The van der Waals surface area contributed by atoms with Crippen LogP contribution in [0.1, 0.15) is 18.5 Å². The number of rotatable bonds is 2. The number of hydrogen-bond donors (Lipinski definition) is 1. The van der Waals surface area contributed by atoms with Crippen LogP contribution in [-0.2, 0) is 7.05 Å². The highest BCUT2D eigenvalue weighted by Crippen LogP contribution is 2.35. The molecule has 0 saturated carbocycles. The standard InChI is InChI=1S/C17H18N2/c1-12(18)16-14-10-6-7-11-15(14)19(2)17(16)13-8-4-3-5-9-13/h3-12H,18H2,1-2H3/t12-/m0/s1. The zero-order valence-corrected chi connectivity index (χ0v) is 11.3. The fraction of sp³-hybridized carbons (Fsp3) is 0.176. The molecule has 0 saturated heterocycles. The highest BCUT2D eigenvalue weighted by atomic mass is 15.0. The molecule has 3 rings (SSSR count). The fourth-order valence-electron chi connectivity index (χ4n) is 2.83. The van der Waals surface area contributed by atoms with Crippen molar-refractivity contribution in [1.82, 2.24) is 4.57 Å². The summed E-state index contributed by atoms with van der Waals surface area (Å²) in [7, 11) is 2.11. The van der Waals surface area contributed by atoms with E-state index >= 15 is 0 Å². The minimum Gasteiger partial charge on any atom is -0.343 e. The topological polar surface area (TPSA) is 30.9 Å². The molecule has 19 heavy (non-hydrogen) atoms. The third kappa shape index (κ3) is 1.85. The van der Waals surface area contributed by atoms with E-state index < -0.39 is 0 Å². The lowest BCUT2D eigenvalue weighted by atomic mass is 10.0. The van der Waals surface area contributed by atoms with Crippen LogP contribution in [0, 0.1) is 0 Å². The molecule has 2 heteroatoms. The second kappa shape index (κ2) is 4.56. The summed E-state index contributed by atoms with van der Waals surface area (Å²) in [4.78, 5) is 0. The zero-order valence-electron chi connectivity index (χ0n) is 11.3. The van der Waals surface area contributed by atoms with E-state index in [1.165, 1.54) is 27.7 Å². The smallest absolute Gasteiger partial charge is 0.0537 e. The second-order valence-corrected chi connectivity index (χ2v) is 4.99. The van der Waals surface area contributed by atoms with E-state index in [0.29, 0.717) is 0 Å². The van der Waals surface area contributed by atoms with Crippen LogP contribution < -0.4 is 5.73 Å². The van der Waals surface area contributed by atoms with Crippen LogP contribution in [0.2, 0.25) is 0 Å². The monoisotopic (exact) mass is 250 g/mol. The van der Waals surface area contributed by atoms with Gasteiger partial charge in [-0.3, -0.25) is 0 Å². The van der Waals surface area contributed by atoms with E-state index in [1.54, 1.807) is 0 Å². The zero-order chi connectivity index (χ0) is 13.4. The van der Waals surface area contributed by atoms with Crippen LogP contribution in [0.3, 0.4) is 0 Å². The molecule has 2 aromatic carbocycles. The van der Waals surface area contributed by atoms with Crippen LogP contribution in [0.5, 0.6) is 0 Å². The van der Waals surface area contributed by atoms with Crippen molar-refractivity contribution < 1.29 is 0 Å². The molecule has 2 N–H and O–H groups in total. The highest BCUT2D eigenvalue weighted by Gasteiger charge is 2.18. The van der Waals surface area contributed by atoms with E-state index in [-0.39, 0.29) is 6.04 Å². The third-order valence-electron chi connectivity index (χ3n) is 3.65. The quantitative estimate of drug-likeness (QED) is 0.735. The average Bonchev–Trinajstić information content (AvgIpc) is 2.74. The molecule has 0 spiro atoms. The van der Waals surface area contributed by atoms with Gasteiger partial charge in [0.05, 0.1) is 5.69 Å². The van der Waals surface area contributed by atoms with Crippen LogP contribution in [0.15, 0.2) is 54.6 Å². The summed E-state index contributed by atoms with van der Waals surface area (Å²) < 4.78 is 2.24. The molecular formula is C17H18N2. The lowest BCUT2D eigenvalue weighted by Gasteiger charge is -2.11. The Kier molecular flexibility index (Phi) is 2.88. The van der Waals surface area contributed by atoms with Gasteiger partial charge in [0.15, 0.2) is 0 Å². The third-order valence-corrected chi connectivity index (χ3v) is 3.65. The molecule has 0 amide bonds. The summed E-state index contributed by atoms with van der Waals surface area (Å²) in [5.41, 5.74) is 11.1. The summed E-state index contributed by atoms with van der Waals surface area (Å²) in [6.45, 7) is 2.05. The Hall–Kier alpha value is -2.06. The van der Waals surface area contributed by atoms with Gasteiger partial charge in [-0.2, -0.15) is 0 Å². The largest absolute Gasteiger partial charge is 0.343 e. The van der Waals surface area contributed by atoms with Crippen LogP contribution in [-0.4, -0.2) is 4.57 Å². The Morgan fingerprint density at radius 1 is 0.947 bits per heavy atom. The molecule has 1 atom stereocenters. The predicted octanol–water partition coefficient (Wildman–Crippen LogP) is 3.87. The van der Waals surface area contributed by atoms with E-state index in [9.17, 15) is 0 Å². The summed E-state index contributed by atoms with van der Waals surface area (Å²) in [5, 5.41) is 1.25. The van der Waals surface area contributed by atoms with Crippen molar-refractivity contribution in [3.05, 3.63) is 60.2 Å². The molecule has 0 aliphatic heterocycles. The molecule has 1 aromatic heterocycles. The first-order valence-electron chi connectivity index (χ1n) is 6.58. The second-order valence-electron chi connectivity index (χ2n) is 4.99. The van der Waals surface area contributed by atoms with Crippen molar-refractivity contribution in [2.75, 3.05) is 0 Å². The average molecular weight is 250 g/mol. The lowest BCUT2D eigenvalue weighted by molar-refractivity contribution is 0.819. The highest BCUT2D eigenvalue weighted by molar-refractivity contribution is 5.92. The summed E-state index contributed by atoms with van der Waals surface area (Å²) in [6, 6.07) is 18.9. The molecule has 0 radical (unpaired) electrons. The van der Waals surface area contributed by atoms with Gasteiger partial charge in [-0.15, -0.1) is 0 Å². The number of benzene rings is 2. The molecule has 1 heterocycles. The Bertz CT molecular complexity index is 709. The van der Waals surface area contributed by atoms with Crippen molar-refractivity contribution in [2.24, 2.45) is 12.8 Å². The normalized spacial score (nSPS) is 12.8. The molecule has 0 aliphatic rings. The number of nitrogens with zero attached hydrogens (tertiary/aromatic N) is 1. The van der Waals surface area contributed by atoms with Crippen molar-refractivity contribution in [1.29, 1.82) is 0 Å². The molecule has 0 bridgehead atoms. The van der Waals surface area contributed by atoms with E-state index in [4.69, 9.17) is 5.73 Å². The molecule has 3 aromatic rings. The lowest BCUT2D eigenvalue weighted by Crippen LogP contribution is -2.06. The molecule has 0 unspecified atom stereocenters. The van der Waals surface area contributed by atoms with Crippen molar-refractivity contribution in [2.45, 2.75) is 13.0 Å². The van der Waals surface area contributed by atoms with Crippen molar-refractivity contribution in [3.8, 4) is 11.3 Å². The van der Waals surface area contributed by atoms with E-state index in [2.05, 4.69) is 60.1 Å². The van der Waals surface area contributed by atoms with Crippen LogP contribution >= 0.6 is 0 Å². The maximum absolute atomic E-state index is 6.22. The molecule has 2 nitrogen and oxygen atoms in total. The molecular weight excluding hydrogens is 232 g/mol. The van der Waals surface area contributed by atoms with Gasteiger partial charge in [-0.25, -0.2) is 0 Å². The first-order chi connectivity index (χ1) is 9.20. The minimum atomic E-state index is 0.0151. The number of aryl methyl sites for hydroxylation is 1. The summed E-state index contributed by atoms with van der Waals surface area (Å²) >= 11 is 0. The van der Waals surface area contributed by atoms with Gasteiger partial charge >= 0.3 is 0 Å². The van der Waals surface area contributed by atoms with Crippen molar-refractivity contribution in [3.63, 3.8) is 0 Å². The SMILES string of the molecule is C[C@H](N)c1c(-c2ccccc2)n(C)c2ccccc12. The molecule has 0 fully saturated rings. The van der Waals surface area contributed by atoms with E-state index in [0.717, 1.165) is 0 Å². The minimum absolute atomic E-state index is 0.0151. The van der Waals surface area contributed by atoms with Crippen LogP contribution in [0.4, 0.5) is 0 Å². The molecule has 0 aliphatic carbocycles. The van der Waals surface area contributed by atoms with Gasteiger partial charge in [0, 0.05) is 29.6 Å². The number of hydrogen-bond acceptors (Lipinski definition) is 1. The Morgan fingerprint density at radius 3 is 2.26 bits per heavy atom. The maximum Gasteiger partial charge on any atom is 0.0537 e. The van der Waals surface area contributed by atoms with Gasteiger partial charge in [0.2, 0.25) is 0 Å².